The number of hydrogen-bond acceptors (Lipinski definition) is 2. The number of nitrogen functional groups attached to an aromatic ring is 2. The maximum Gasteiger partial charge on any atom is 0.0320 e. The summed E-state index contributed by atoms with van der Waals surface area (Å²) in [6.07, 6.45) is 0. The third-order valence-corrected chi connectivity index (χ3v) is 2.57. The number of fused-ring (bicyclic) bond motifs is 1. The molecule has 2 heteroatoms. The predicted octanol–water partition coefficient (Wildman–Crippen LogP) is 9.85. The topological polar surface area (TPSA) is 52.0 Å². The zero-order chi connectivity index (χ0) is 24.8. The van der Waals surface area contributed by atoms with Crippen LogP contribution >= 0.6 is 0 Å². The molecule has 0 spiro atoms. The third-order valence-electron chi connectivity index (χ3n) is 2.57. The summed E-state index contributed by atoms with van der Waals surface area (Å²) >= 11 is 0. The van der Waals surface area contributed by atoms with Crippen LogP contribution < -0.4 is 11.5 Å². The molecule has 0 unspecified atom stereocenters. The van der Waals surface area contributed by atoms with Crippen LogP contribution in [0.25, 0.3) is 10.8 Å². The van der Waals surface area contributed by atoms with Crippen LogP contribution in [0.2, 0.25) is 0 Å². The lowest BCUT2D eigenvalue weighted by Gasteiger charge is -1.96. The highest BCUT2D eigenvalue weighted by atomic mass is 14.5. The molecule has 174 valence electrons. The molecule has 0 aliphatic rings. The lowest BCUT2D eigenvalue weighted by atomic mass is 10.1. The van der Waals surface area contributed by atoms with E-state index < -0.39 is 0 Å². The van der Waals surface area contributed by atoms with Gasteiger partial charge in [0, 0.05) is 11.4 Å². The summed E-state index contributed by atoms with van der Waals surface area (Å²) in [5, 5.41) is 2.44. The van der Waals surface area contributed by atoms with Crippen molar-refractivity contribution in [3.05, 3.63) is 72.8 Å². The van der Waals surface area contributed by atoms with Crippen molar-refractivity contribution in [2.45, 2.75) is 83.1 Å². The minimum Gasteiger partial charge on any atom is -0.399 e. The number of rotatable bonds is 0. The Morgan fingerprint density at radius 3 is 1.10 bits per heavy atom. The van der Waals surface area contributed by atoms with E-state index in [1.807, 2.05) is 144 Å². The van der Waals surface area contributed by atoms with Gasteiger partial charge in [-0.15, -0.1) is 0 Å². The Bertz CT molecular complexity index is 620. The fraction of sp³-hybridized carbons (Fsp3) is 0.429. The van der Waals surface area contributed by atoms with Crippen molar-refractivity contribution >= 4 is 22.1 Å². The van der Waals surface area contributed by atoms with Gasteiger partial charge < -0.3 is 11.5 Å². The molecule has 3 rings (SSSR count). The monoisotopic (exact) mass is 416 g/mol. The molecule has 2 nitrogen and oxygen atoms in total. The Morgan fingerprint density at radius 2 is 0.733 bits per heavy atom. The predicted molar refractivity (Wildman–Crippen MR) is 147 cm³/mol. The van der Waals surface area contributed by atoms with Gasteiger partial charge in [-0.1, -0.05) is 132 Å². The van der Waals surface area contributed by atoms with Crippen molar-refractivity contribution in [2.24, 2.45) is 0 Å². The van der Waals surface area contributed by atoms with E-state index in [0.29, 0.717) is 0 Å². The largest absolute Gasteiger partial charge is 0.399 e. The van der Waals surface area contributed by atoms with Gasteiger partial charge in [-0.3, -0.25) is 0 Å². The zero-order valence-electron chi connectivity index (χ0n) is 22.1. The molecule has 0 fully saturated rings. The second kappa shape index (κ2) is 37.3. The molecule has 0 bridgehead atoms. The van der Waals surface area contributed by atoms with Gasteiger partial charge in [0.15, 0.2) is 0 Å². The first-order valence-electron chi connectivity index (χ1n) is 11.8. The third kappa shape index (κ3) is 23.6. The summed E-state index contributed by atoms with van der Waals surface area (Å²) in [6, 6.07) is 23.6. The minimum absolute atomic E-state index is 0.822. The summed E-state index contributed by atoms with van der Waals surface area (Å²) in [5.74, 6) is 0. The molecule has 0 heterocycles. The molecule has 0 aliphatic carbocycles. The lowest BCUT2D eigenvalue weighted by Crippen LogP contribution is -1.82. The quantitative estimate of drug-likeness (QED) is 0.358. The van der Waals surface area contributed by atoms with Gasteiger partial charge >= 0.3 is 0 Å². The van der Waals surface area contributed by atoms with Gasteiger partial charge in [0.25, 0.3) is 0 Å². The van der Waals surface area contributed by atoms with Gasteiger partial charge in [-0.05, 0) is 35.0 Å². The molecular weight excluding hydrogens is 364 g/mol. The number of anilines is 2. The van der Waals surface area contributed by atoms with E-state index in [9.17, 15) is 0 Å². The van der Waals surface area contributed by atoms with Crippen LogP contribution in [0.5, 0.6) is 0 Å². The Balaban J connectivity index is -0.0000000959. The normalized spacial score (nSPS) is 6.93. The molecule has 0 amide bonds. The van der Waals surface area contributed by atoms with Crippen LogP contribution in [0.15, 0.2) is 72.8 Å². The maximum absolute atomic E-state index is 5.62. The molecule has 0 aliphatic heterocycles. The maximum atomic E-state index is 5.62. The first-order chi connectivity index (χ1) is 14.8. The second-order valence-electron chi connectivity index (χ2n) is 4.02. The van der Waals surface area contributed by atoms with E-state index >= 15 is 0 Å². The molecular formula is C28H52N2. The van der Waals surface area contributed by atoms with Gasteiger partial charge in [-0.25, -0.2) is 0 Å². The van der Waals surface area contributed by atoms with Crippen LogP contribution in [0.4, 0.5) is 11.4 Å². The van der Waals surface area contributed by atoms with Crippen LogP contribution in [0.1, 0.15) is 83.1 Å². The van der Waals surface area contributed by atoms with E-state index in [4.69, 9.17) is 11.5 Å². The van der Waals surface area contributed by atoms with Crippen LogP contribution in [0.3, 0.4) is 0 Å². The SMILES string of the molecule is CC.CC.CC.CC.CC.CC.Nc1ccc2ccccc2c1.Nc1ccccc1. The summed E-state index contributed by atoms with van der Waals surface area (Å²) < 4.78 is 0. The Kier molecular flexibility index (Phi) is 47.4. The molecule has 4 N–H and O–H groups in total. The first-order valence-corrected chi connectivity index (χ1v) is 11.8. The van der Waals surface area contributed by atoms with Crippen LogP contribution in [-0.2, 0) is 0 Å². The smallest absolute Gasteiger partial charge is 0.0320 e. The summed E-state index contributed by atoms with van der Waals surface area (Å²) in [6.45, 7) is 24.0. The second-order valence-corrected chi connectivity index (χ2v) is 4.02. The summed E-state index contributed by atoms with van der Waals surface area (Å²) in [5.41, 5.74) is 12.6. The van der Waals surface area contributed by atoms with Crippen LogP contribution in [-0.4, -0.2) is 0 Å². The molecule has 0 radical (unpaired) electrons. The van der Waals surface area contributed by atoms with Gasteiger partial charge in [0.2, 0.25) is 0 Å². The van der Waals surface area contributed by atoms with Gasteiger partial charge in [0.05, 0.1) is 0 Å². The fourth-order valence-electron chi connectivity index (χ4n) is 1.66. The highest BCUT2D eigenvalue weighted by molar-refractivity contribution is 5.85. The Hall–Kier alpha value is -2.48. The molecule has 0 aromatic heterocycles. The summed E-state index contributed by atoms with van der Waals surface area (Å²) in [7, 11) is 0. The average molecular weight is 417 g/mol. The van der Waals surface area contributed by atoms with E-state index in [1.165, 1.54) is 10.8 Å². The lowest BCUT2D eigenvalue weighted by molar-refractivity contribution is 1.50. The van der Waals surface area contributed by atoms with Crippen molar-refractivity contribution in [3.8, 4) is 0 Å². The number of nitrogens with two attached hydrogens (primary N) is 2. The number of para-hydroxylation sites is 1. The molecule has 0 saturated carbocycles. The fourth-order valence-corrected chi connectivity index (χ4v) is 1.66. The molecule has 30 heavy (non-hydrogen) atoms. The minimum atomic E-state index is 0.822. The van der Waals surface area contributed by atoms with E-state index in [2.05, 4.69) is 12.1 Å². The van der Waals surface area contributed by atoms with E-state index in [1.54, 1.807) is 0 Å². The highest BCUT2D eigenvalue weighted by Gasteiger charge is 1.89. The number of hydrogen-bond donors (Lipinski definition) is 2. The first kappa shape index (κ1) is 38.2. The molecule has 3 aromatic carbocycles. The van der Waals surface area contributed by atoms with Crippen molar-refractivity contribution in [2.75, 3.05) is 11.5 Å². The Morgan fingerprint density at radius 1 is 0.367 bits per heavy atom. The molecule has 0 saturated heterocycles. The standard InChI is InChI=1S/C10H9N.C6H7N.6C2H6/c11-10-6-5-8-3-1-2-4-9(8)7-10;7-6-4-2-1-3-5-6;6*1-2/h1-7H,11H2;1-5H,7H2;6*1-2H3. The molecule has 0 atom stereocenters. The average Bonchev–Trinajstić information content (AvgIpc) is 2.87. The molecule has 3 aromatic rings. The van der Waals surface area contributed by atoms with Crippen molar-refractivity contribution in [1.29, 1.82) is 0 Å². The van der Waals surface area contributed by atoms with Crippen molar-refractivity contribution in [3.63, 3.8) is 0 Å². The van der Waals surface area contributed by atoms with Gasteiger partial charge in [0.1, 0.15) is 0 Å². The summed E-state index contributed by atoms with van der Waals surface area (Å²) in [4.78, 5) is 0. The van der Waals surface area contributed by atoms with Crippen LogP contribution in [0, 0.1) is 0 Å². The van der Waals surface area contributed by atoms with E-state index in [0.717, 1.165) is 11.4 Å². The van der Waals surface area contributed by atoms with Gasteiger partial charge in [-0.2, -0.15) is 0 Å². The van der Waals surface area contributed by atoms with E-state index in [-0.39, 0.29) is 0 Å². The van der Waals surface area contributed by atoms with Crippen molar-refractivity contribution < 1.29 is 0 Å². The number of benzene rings is 3. The van der Waals surface area contributed by atoms with Crippen molar-refractivity contribution in [1.82, 2.24) is 0 Å². The Labute approximate surface area is 189 Å². The zero-order valence-corrected chi connectivity index (χ0v) is 22.1. The highest BCUT2D eigenvalue weighted by Crippen LogP contribution is 2.15.